The highest BCUT2D eigenvalue weighted by atomic mass is 79.9. The van der Waals surface area contributed by atoms with Crippen molar-refractivity contribution in [2.45, 2.75) is 52.4 Å². The summed E-state index contributed by atoms with van der Waals surface area (Å²) in [4.78, 5) is 15.0. The summed E-state index contributed by atoms with van der Waals surface area (Å²) in [5.74, 6) is 0. The predicted molar refractivity (Wildman–Crippen MR) is 151 cm³/mol. The zero-order valence-corrected chi connectivity index (χ0v) is 23.5. The molecule has 0 radical (unpaired) electrons. The minimum Gasteiger partial charge on any atom is -0.463 e. The quantitative estimate of drug-likeness (QED) is 0.198. The summed E-state index contributed by atoms with van der Waals surface area (Å²) in [6, 6.07) is 18.6. The second kappa shape index (κ2) is 9.01. The SMILES string of the molecule is CC(C)(C)c1ccc2[nH]c3ccc(C(C)(C)C)cc3c2c1.O=c1ccoc2c(Br)ccc(Br)c12. The van der Waals surface area contributed by atoms with Gasteiger partial charge >= 0.3 is 0 Å². The van der Waals surface area contributed by atoms with Gasteiger partial charge in [-0.3, -0.25) is 4.79 Å². The molecule has 0 aliphatic heterocycles. The fourth-order valence-electron chi connectivity index (χ4n) is 3.96. The van der Waals surface area contributed by atoms with E-state index in [1.54, 1.807) is 0 Å². The van der Waals surface area contributed by atoms with Crippen LogP contribution in [0.25, 0.3) is 32.8 Å². The molecule has 5 aromatic rings. The first-order valence-electron chi connectivity index (χ1n) is 11.3. The molecule has 0 saturated heterocycles. The minimum atomic E-state index is -0.0468. The highest BCUT2D eigenvalue weighted by molar-refractivity contribution is 9.11. The molecule has 3 nitrogen and oxygen atoms in total. The van der Waals surface area contributed by atoms with Crippen molar-refractivity contribution in [1.29, 1.82) is 0 Å². The van der Waals surface area contributed by atoms with E-state index in [-0.39, 0.29) is 16.3 Å². The summed E-state index contributed by atoms with van der Waals surface area (Å²) in [5, 5.41) is 3.24. The highest BCUT2D eigenvalue weighted by Gasteiger charge is 2.17. The van der Waals surface area contributed by atoms with E-state index < -0.39 is 0 Å². The van der Waals surface area contributed by atoms with E-state index in [0.717, 1.165) is 8.95 Å². The molecule has 3 aromatic carbocycles. The molecule has 5 rings (SSSR count). The largest absolute Gasteiger partial charge is 0.463 e. The second-order valence-electron chi connectivity index (χ2n) is 10.7. The Kier molecular flexibility index (Phi) is 6.56. The molecular weight excluding hydrogens is 554 g/mol. The van der Waals surface area contributed by atoms with Crippen LogP contribution in [0.5, 0.6) is 0 Å². The summed E-state index contributed by atoms with van der Waals surface area (Å²) in [6.45, 7) is 13.6. The molecule has 34 heavy (non-hydrogen) atoms. The maximum atomic E-state index is 11.4. The summed E-state index contributed by atoms with van der Waals surface area (Å²) in [6.07, 6.45) is 1.39. The lowest BCUT2D eigenvalue weighted by molar-refractivity contribution is 0.590. The molecular formula is C29H29Br2NO2. The van der Waals surface area contributed by atoms with Crippen molar-refractivity contribution in [1.82, 2.24) is 4.98 Å². The van der Waals surface area contributed by atoms with Crippen LogP contribution in [0.4, 0.5) is 0 Å². The number of nitrogens with one attached hydrogen (secondary N) is 1. The van der Waals surface area contributed by atoms with Gasteiger partial charge in [-0.1, -0.05) is 53.7 Å². The van der Waals surface area contributed by atoms with Gasteiger partial charge in [0.2, 0.25) is 0 Å². The molecule has 0 saturated carbocycles. The highest BCUT2D eigenvalue weighted by Crippen LogP contribution is 2.33. The van der Waals surface area contributed by atoms with Crippen molar-refractivity contribution in [2.75, 3.05) is 0 Å². The van der Waals surface area contributed by atoms with Crippen molar-refractivity contribution >= 4 is 64.6 Å². The Hall–Kier alpha value is -2.37. The molecule has 2 heterocycles. The van der Waals surface area contributed by atoms with Gasteiger partial charge in [0.1, 0.15) is 0 Å². The first-order chi connectivity index (χ1) is 15.9. The van der Waals surface area contributed by atoms with E-state index in [9.17, 15) is 4.79 Å². The standard InChI is InChI=1S/C20H25N.C9H4Br2O2/c1-19(2,3)13-7-9-17-15(11-13)16-12-14(20(4,5)6)8-10-18(16)21-17;10-5-1-2-6(11)9-8(5)7(12)3-4-13-9/h7-12,21H,1-6H3;1-4H. The van der Waals surface area contributed by atoms with E-state index in [1.165, 1.54) is 45.3 Å². The Morgan fingerprint density at radius 2 is 1.21 bits per heavy atom. The number of halogens is 2. The molecule has 0 spiro atoms. The predicted octanol–water partition coefficient (Wildman–Crippen LogP) is 9.23. The normalized spacial score (nSPS) is 12.2. The fraction of sp³-hybridized carbons (Fsp3) is 0.276. The summed E-state index contributed by atoms with van der Waals surface area (Å²) < 4.78 is 6.76. The molecule has 5 heteroatoms. The molecule has 0 atom stereocenters. The molecule has 176 valence electrons. The third-order valence-corrected chi connectivity index (χ3v) is 7.33. The van der Waals surface area contributed by atoms with Crippen LogP contribution in [0.2, 0.25) is 0 Å². The number of hydrogen-bond acceptors (Lipinski definition) is 2. The lowest BCUT2D eigenvalue weighted by Gasteiger charge is -2.19. The van der Waals surface area contributed by atoms with E-state index in [2.05, 4.69) is 115 Å². The average molecular weight is 583 g/mol. The van der Waals surface area contributed by atoms with Crippen molar-refractivity contribution in [3.63, 3.8) is 0 Å². The van der Waals surface area contributed by atoms with E-state index in [4.69, 9.17) is 4.42 Å². The number of aromatic nitrogens is 1. The van der Waals surface area contributed by atoms with E-state index in [1.807, 2.05) is 12.1 Å². The van der Waals surface area contributed by atoms with Gasteiger partial charge < -0.3 is 9.40 Å². The third-order valence-electron chi connectivity index (χ3n) is 6.04. The lowest BCUT2D eigenvalue weighted by atomic mass is 9.85. The maximum Gasteiger partial charge on any atom is 0.193 e. The zero-order valence-electron chi connectivity index (χ0n) is 20.3. The van der Waals surface area contributed by atoms with Crippen LogP contribution < -0.4 is 5.43 Å². The van der Waals surface area contributed by atoms with Crippen LogP contribution in [-0.4, -0.2) is 4.98 Å². The van der Waals surface area contributed by atoms with Crippen molar-refractivity contribution < 1.29 is 4.42 Å². The van der Waals surface area contributed by atoms with Gasteiger partial charge in [-0.2, -0.15) is 0 Å². The van der Waals surface area contributed by atoms with Crippen LogP contribution in [0.15, 0.2) is 79.0 Å². The Morgan fingerprint density at radius 1 is 0.706 bits per heavy atom. The van der Waals surface area contributed by atoms with Gasteiger partial charge in [-0.05, 0) is 90.2 Å². The van der Waals surface area contributed by atoms with Crippen molar-refractivity contribution in [2.24, 2.45) is 0 Å². The molecule has 0 aliphatic rings. The van der Waals surface area contributed by atoms with Crippen LogP contribution in [0.1, 0.15) is 52.7 Å². The summed E-state index contributed by atoms with van der Waals surface area (Å²) in [7, 11) is 0. The van der Waals surface area contributed by atoms with Crippen LogP contribution in [0, 0.1) is 0 Å². The van der Waals surface area contributed by atoms with E-state index in [0.29, 0.717) is 11.0 Å². The number of H-pyrrole nitrogens is 1. The Balaban J connectivity index is 0.000000180. The van der Waals surface area contributed by atoms with Crippen molar-refractivity contribution in [3.05, 3.63) is 91.2 Å². The summed E-state index contributed by atoms with van der Waals surface area (Å²) in [5.41, 5.74) is 6.11. The molecule has 2 aromatic heterocycles. The van der Waals surface area contributed by atoms with Crippen LogP contribution in [0.3, 0.4) is 0 Å². The first kappa shape index (κ1) is 24.7. The molecule has 0 fully saturated rings. The van der Waals surface area contributed by atoms with Gasteiger partial charge in [0.15, 0.2) is 11.0 Å². The van der Waals surface area contributed by atoms with Crippen LogP contribution in [-0.2, 0) is 10.8 Å². The summed E-state index contributed by atoms with van der Waals surface area (Å²) >= 11 is 6.61. The zero-order chi connectivity index (χ0) is 24.8. The monoisotopic (exact) mass is 581 g/mol. The number of fused-ring (bicyclic) bond motifs is 4. The average Bonchev–Trinajstić information content (AvgIpc) is 3.13. The Bertz CT molecular complexity index is 1500. The topological polar surface area (TPSA) is 46.0 Å². The number of rotatable bonds is 0. The lowest BCUT2D eigenvalue weighted by Crippen LogP contribution is -2.10. The smallest absolute Gasteiger partial charge is 0.193 e. The molecule has 1 N–H and O–H groups in total. The molecule has 0 amide bonds. The minimum absolute atomic E-state index is 0.0468. The molecule has 0 bridgehead atoms. The first-order valence-corrected chi connectivity index (χ1v) is 12.9. The van der Waals surface area contributed by atoms with Gasteiger partial charge in [0.05, 0.1) is 16.1 Å². The van der Waals surface area contributed by atoms with Gasteiger partial charge in [0, 0.05) is 32.3 Å². The number of aromatic amines is 1. The number of benzene rings is 3. The van der Waals surface area contributed by atoms with Gasteiger partial charge in [-0.25, -0.2) is 0 Å². The third kappa shape index (κ3) is 4.87. The fourth-order valence-corrected chi connectivity index (χ4v) is 4.89. The molecule has 0 aliphatic carbocycles. The molecule has 0 unspecified atom stereocenters. The number of hydrogen-bond donors (Lipinski definition) is 1. The van der Waals surface area contributed by atoms with Crippen LogP contribution >= 0.6 is 31.9 Å². The van der Waals surface area contributed by atoms with E-state index >= 15 is 0 Å². The maximum absolute atomic E-state index is 11.4. The van der Waals surface area contributed by atoms with Gasteiger partial charge in [0.25, 0.3) is 0 Å². The Labute approximate surface area is 216 Å². The Morgan fingerprint density at radius 3 is 1.68 bits per heavy atom. The van der Waals surface area contributed by atoms with Crippen molar-refractivity contribution in [3.8, 4) is 0 Å². The van der Waals surface area contributed by atoms with Gasteiger partial charge in [-0.15, -0.1) is 0 Å². The second-order valence-corrected chi connectivity index (χ2v) is 12.4.